The molecule has 0 aliphatic carbocycles. The largest absolute Gasteiger partial charge is 0.496 e. The Morgan fingerprint density at radius 3 is 2.96 bits per heavy atom. The van der Waals surface area contributed by atoms with E-state index in [2.05, 4.69) is 27.0 Å². The lowest BCUT2D eigenvalue weighted by molar-refractivity contribution is 0.0995. The number of carbonyl (C=O) groups is 1. The minimum absolute atomic E-state index is 0.299. The summed E-state index contributed by atoms with van der Waals surface area (Å²) in [7, 11) is 1.70. The van der Waals surface area contributed by atoms with Crippen molar-refractivity contribution < 1.29 is 9.53 Å². The fourth-order valence-electron chi connectivity index (χ4n) is 3.57. The lowest BCUT2D eigenvalue weighted by atomic mass is 9.94. The third-order valence-corrected chi connectivity index (χ3v) is 4.92. The number of hydrogen-bond acceptors (Lipinski definition) is 5. The molecule has 0 aromatic carbocycles. The van der Waals surface area contributed by atoms with Gasteiger partial charge in [-0.25, -0.2) is 0 Å². The third kappa shape index (κ3) is 3.66. The zero-order chi connectivity index (χ0) is 18.0. The second kappa shape index (κ2) is 7.23. The number of primary amides is 1. The molecule has 134 valence electrons. The van der Waals surface area contributed by atoms with Crippen LogP contribution < -0.4 is 10.5 Å². The maximum absolute atomic E-state index is 11.2. The van der Waals surface area contributed by atoms with Gasteiger partial charge in [-0.1, -0.05) is 0 Å². The van der Waals surface area contributed by atoms with E-state index < -0.39 is 5.91 Å². The highest BCUT2D eigenvalue weighted by molar-refractivity contribution is 5.90. The molecule has 0 saturated carbocycles. The summed E-state index contributed by atoms with van der Waals surface area (Å²) in [6.45, 7) is 6.79. The van der Waals surface area contributed by atoms with Gasteiger partial charge in [0.1, 0.15) is 11.4 Å². The van der Waals surface area contributed by atoms with Gasteiger partial charge in [-0.05, 0) is 39.3 Å². The number of nitrogens with one attached hydrogen (secondary N) is 1. The molecular formula is C18H25N5O2. The number of methoxy groups -OCH3 is 1. The number of rotatable bonds is 5. The summed E-state index contributed by atoms with van der Waals surface area (Å²) in [5.41, 5.74) is 9.76. The van der Waals surface area contributed by atoms with Crippen LogP contribution in [0, 0.1) is 13.8 Å². The second-order valence-electron chi connectivity index (χ2n) is 6.69. The summed E-state index contributed by atoms with van der Waals surface area (Å²) < 4.78 is 5.51. The molecule has 3 N–H and O–H groups in total. The number of piperidine rings is 1. The highest BCUT2D eigenvalue weighted by Crippen LogP contribution is 2.29. The van der Waals surface area contributed by atoms with Crippen molar-refractivity contribution in [3.05, 3.63) is 40.5 Å². The SMILES string of the molecule is COc1c(C)cnc(CN2CCC[C@H](c3cc(C(N)=O)n[nH]3)C2)c1C. The molecule has 1 fully saturated rings. The lowest BCUT2D eigenvalue weighted by Crippen LogP contribution is -2.34. The van der Waals surface area contributed by atoms with Crippen molar-refractivity contribution in [2.45, 2.75) is 39.2 Å². The van der Waals surface area contributed by atoms with Crippen LogP contribution in [0.25, 0.3) is 0 Å². The number of aromatic nitrogens is 3. The molecule has 0 spiro atoms. The Bertz CT molecular complexity index is 771. The van der Waals surface area contributed by atoms with Gasteiger partial charge in [-0.15, -0.1) is 0 Å². The van der Waals surface area contributed by atoms with Gasteiger partial charge in [0.05, 0.1) is 12.8 Å². The molecule has 3 rings (SSSR count). The first kappa shape index (κ1) is 17.4. The Balaban J connectivity index is 1.72. The zero-order valence-electron chi connectivity index (χ0n) is 15.0. The Morgan fingerprint density at radius 1 is 1.48 bits per heavy atom. The van der Waals surface area contributed by atoms with Gasteiger partial charge in [-0.2, -0.15) is 5.10 Å². The number of carbonyl (C=O) groups excluding carboxylic acids is 1. The molecule has 1 atom stereocenters. The van der Waals surface area contributed by atoms with E-state index in [0.717, 1.165) is 60.7 Å². The van der Waals surface area contributed by atoms with E-state index in [1.807, 2.05) is 13.1 Å². The van der Waals surface area contributed by atoms with Crippen LogP contribution >= 0.6 is 0 Å². The van der Waals surface area contributed by atoms with Crippen LogP contribution in [0.2, 0.25) is 0 Å². The van der Waals surface area contributed by atoms with E-state index >= 15 is 0 Å². The third-order valence-electron chi connectivity index (χ3n) is 4.92. The molecule has 25 heavy (non-hydrogen) atoms. The molecular weight excluding hydrogens is 318 g/mol. The van der Waals surface area contributed by atoms with Crippen LogP contribution in [-0.2, 0) is 6.54 Å². The van der Waals surface area contributed by atoms with Crippen molar-refractivity contribution in [3.8, 4) is 5.75 Å². The average Bonchev–Trinajstić information content (AvgIpc) is 3.09. The number of H-pyrrole nitrogens is 1. The van der Waals surface area contributed by atoms with Crippen molar-refractivity contribution in [1.82, 2.24) is 20.1 Å². The van der Waals surface area contributed by atoms with Gasteiger partial charge < -0.3 is 10.5 Å². The topological polar surface area (TPSA) is 97.1 Å². The fraction of sp³-hybridized carbons (Fsp3) is 0.500. The molecule has 1 aliphatic heterocycles. The van der Waals surface area contributed by atoms with Crippen molar-refractivity contribution in [2.24, 2.45) is 5.73 Å². The quantitative estimate of drug-likeness (QED) is 0.864. The molecule has 2 aromatic heterocycles. The first-order valence-corrected chi connectivity index (χ1v) is 8.56. The van der Waals surface area contributed by atoms with Crippen molar-refractivity contribution in [3.63, 3.8) is 0 Å². The molecule has 1 aliphatic rings. The minimum Gasteiger partial charge on any atom is -0.496 e. The van der Waals surface area contributed by atoms with Crippen LogP contribution in [-0.4, -0.2) is 46.2 Å². The predicted octanol–water partition coefficient (Wildman–Crippen LogP) is 1.91. The van der Waals surface area contributed by atoms with E-state index in [1.54, 1.807) is 13.2 Å². The molecule has 7 nitrogen and oxygen atoms in total. The van der Waals surface area contributed by atoms with E-state index in [4.69, 9.17) is 10.5 Å². The average molecular weight is 343 g/mol. The van der Waals surface area contributed by atoms with Gasteiger partial charge in [0, 0.05) is 42.0 Å². The number of aryl methyl sites for hydroxylation is 1. The minimum atomic E-state index is -0.498. The predicted molar refractivity (Wildman–Crippen MR) is 94.6 cm³/mol. The Morgan fingerprint density at radius 2 is 2.28 bits per heavy atom. The standard InChI is InChI=1S/C18H25N5O2/c1-11-8-20-16(12(2)17(11)25-3)10-23-6-4-5-13(9-23)14-7-15(18(19)24)22-21-14/h7-8,13H,4-6,9-10H2,1-3H3,(H2,19,24)(H,21,22)/t13-/m0/s1. The van der Waals surface area contributed by atoms with E-state index in [-0.39, 0.29) is 0 Å². The van der Waals surface area contributed by atoms with E-state index in [9.17, 15) is 4.79 Å². The number of amides is 1. The van der Waals surface area contributed by atoms with Crippen LogP contribution in [0.5, 0.6) is 5.75 Å². The highest BCUT2D eigenvalue weighted by atomic mass is 16.5. The van der Waals surface area contributed by atoms with Crippen LogP contribution in [0.3, 0.4) is 0 Å². The number of pyridine rings is 1. The zero-order valence-corrected chi connectivity index (χ0v) is 15.0. The smallest absolute Gasteiger partial charge is 0.269 e. The van der Waals surface area contributed by atoms with Gasteiger partial charge >= 0.3 is 0 Å². The fourth-order valence-corrected chi connectivity index (χ4v) is 3.57. The molecule has 0 bridgehead atoms. The number of likely N-dealkylation sites (tertiary alicyclic amines) is 1. The summed E-state index contributed by atoms with van der Waals surface area (Å²) in [5.74, 6) is 0.738. The normalized spacial score (nSPS) is 18.3. The summed E-state index contributed by atoms with van der Waals surface area (Å²) in [6, 6.07) is 1.77. The van der Waals surface area contributed by atoms with Crippen molar-refractivity contribution in [1.29, 1.82) is 0 Å². The number of ether oxygens (including phenoxy) is 1. The summed E-state index contributed by atoms with van der Waals surface area (Å²) in [5, 5.41) is 6.96. The number of nitrogens with zero attached hydrogens (tertiary/aromatic N) is 3. The molecule has 1 saturated heterocycles. The van der Waals surface area contributed by atoms with Gasteiger partial charge in [0.25, 0.3) is 5.91 Å². The molecule has 2 aromatic rings. The number of aromatic amines is 1. The monoisotopic (exact) mass is 343 g/mol. The first-order valence-electron chi connectivity index (χ1n) is 8.56. The van der Waals surface area contributed by atoms with Crippen molar-refractivity contribution >= 4 is 5.91 Å². The Kier molecular flexibility index (Phi) is 5.03. The maximum atomic E-state index is 11.2. The van der Waals surface area contributed by atoms with Crippen molar-refractivity contribution in [2.75, 3.05) is 20.2 Å². The van der Waals surface area contributed by atoms with Gasteiger partial charge in [0.2, 0.25) is 0 Å². The second-order valence-corrected chi connectivity index (χ2v) is 6.69. The van der Waals surface area contributed by atoms with Crippen LogP contribution in [0.15, 0.2) is 12.3 Å². The van der Waals surface area contributed by atoms with Crippen LogP contribution in [0.4, 0.5) is 0 Å². The lowest BCUT2D eigenvalue weighted by Gasteiger charge is -2.32. The first-order chi connectivity index (χ1) is 12.0. The molecule has 3 heterocycles. The summed E-state index contributed by atoms with van der Waals surface area (Å²) in [6.07, 6.45) is 4.04. The van der Waals surface area contributed by atoms with Gasteiger partial charge in [0.15, 0.2) is 0 Å². The van der Waals surface area contributed by atoms with Gasteiger partial charge in [-0.3, -0.25) is 19.8 Å². The Hall–Kier alpha value is -2.41. The number of hydrogen-bond donors (Lipinski definition) is 2. The van der Waals surface area contributed by atoms with Crippen LogP contribution in [0.1, 0.15) is 51.8 Å². The molecule has 0 radical (unpaired) electrons. The maximum Gasteiger partial charge on any atom is 0.269 e. The Labute approximate surface area is 147 Å². The molecule has 0 unspecified atom stereocenters. The number of nitrogens with two attached hydrogens (primary N) is 1. The summed E-state index contributed by atoms with van der Waals surface area (Å²) >= 11 is 0. The summed E-state index contributed by atoms with van der Waals surface area (Å²) in [4.78, 5) is 18.2. The molecule has 1 amide bonds. The van der Waals surface area contributed by atoms with E-state index in [0.29, 0.717) is 11.6 Å². The van der Waals surface area contributed by atoms with E-state index in [1.165, 1.54) is 0 Å². The highest BCUT2D eigenvalue weighted by Gasteiger charge is 2.24. The molecule has 7 heteroatoms.